The largest absolute Gasteiger partial charge is 0.369 e. The third-order valence-corrected chi connectivity index (χ3v) is 7.83. The minimum atomic E-state index is -3.54. The second kappa shape index (κ2) is 9.30. The number of amides is 1. The zero-order chi connectivity index (χ0) is 22.7. The van der Waals surface area contributed by atoms with Crippen molar-refractivity contribution in [2.45, 2.75) is 35.7 Å². The number of aromatic nitrogens is 4. The standard InChI is InChI=1S/C19H23N7O4S2/c20-18-23-16-15(17(28)25-18)22-19(24-16)31-11-14(27)21-12-5-7-13(8-6-12)32(29,30)26-9-3-1-2-4-10-26/h5-8H,1-4,9-11H2,(H,21,27)(H4,20,22,23,24,25,28). The molecule has 0 spiro atoms. The van der Waals surface area contributed by atoms with Gasteiger partial charge in [0.2, 0.25) is 21.9 Å². The molecule has 0 atom stereocenters. The van der Waals surface area contributed by atoms with E-state index in [1.165, 1.54) is 16.4 Å². The van der Waals surface area contributed by atoms with Crippen molar-refractivity contribution in [3.05, 3.63) is 34.6 Å². The van der Waals surface area contributed by atoms with Gasteiger partial charge in [0, 0.05) is 18.8 Å². The van der Waals surface area contributed by atoms with Crippen LogP contribution in [0.25, 0.3) is 11.2 Å². The molecule has 0 unspecified atom stereocenters. The second-order valence-electron chi connectivity index (χ2n) is 7.37. The summed E-state index contributed by atoms with van der Waals surface area (Å²) in [5.41, 5.74) is 5.91. The number of nitrogens with one attached hydrogen (secondary N) is 3. The van der Waals surface area contributed by atoms with Gasteiger partial charge < -0.3 is 16.0 Å². The van der Waals surface area contributed by atoms with Crippen molar-refractivity contribution in [1.29, 1.82) is 0 Å². The highest BCUT2D eigenvalue weighted by molar-refractivity contribution is 7.99. The Labute approximate surface area is 188 Å². The molecule has 1 amide bonds. The fraction of sp³-hybridized carbons (Fsp3) is 0.368. The van der Waals surface area contributed by atoms with Crippen LogP contribution in [0.15, 0.2) is 39.1 Å². The molecule has 1 saturated heterocycles. The Bertz CT molecular complexity index is 1280. The first-order valence-corrected chi connectivity index (χ1v) is 12.5. The van der Waals surface area contributed by atoms with E-state index in [1.54, 1.807) is 12.1 Å². The Morgan fingerprint density at radius 1 is 1.09 bits per heavy atom. The van der Waals surface area contributed by atoms with E-state index < -0.39 is 15.6 Å². The number of fused-ring (bicyclic) bond motifs is 1. The predicted octanol–water partition coefficient (Wildman–Crippen LogP) is 1.52. The normalized spacial score (nSPS) is 15.5. The zero-order valence-corrected chi connectivity index (χ0v) is 18.8. The summed E-state index contributed by atoms with van der Waals surface area (Å²) in [4.78, 5) is 37.6. The van der Waals surface area contributed by atoms with Gasteiger partial charge in [-0.2, -0.15) is 9.29 Å². The molecular weight excluding hydrogens is 454 g/mol. The van der Waals surface area contributed by atoms with E-state index in [0.717, 1.165) is 37.4 Å². The predicted molar refractivity (Wildman–Crippen MR) is 122 cm³/mol. The maximum absolute atomic E-state index is 12.8. The van der Waals surface area contributed by atoms with Crippen LogP contribution in [0.5, 0.6) is 0 Å². The molecule has 2 aromatic heterocycles. The van der Waals surface area contributed by atoms with Crippen LogP contribution in [-0.4, -0.2) is 57.4 Å². The van der Waals surface area contributed by atoms with E-state index in [4.69, 9.17) is 5.73 Å². The Morgan fingerprint density at radius 3 is 2.47 bits per heavy atom. The first-order valence-electron chi connectivity index (χ1n) is 10.1. The maximum Gasteiger partial charge on any atom is 0.278 e. The van der Waals surface area contributed by atoms with Crippen molar-refractivity contribution in [3.63, 3.8) is 0 Å². The van der Waals surface area contributed by atoms with E-state index in [9.17, 15) is 18.0 Å². The van der Waals surface area contributed by atoms with E-state index in [1.807, 2.05) is 0 Å². The summed E-state index contributed by atoms with van der Waals surface area (Å²) in [5, 5.41) is 3.08. The summed E-state index contributed by atoms with van der Waals surface area (Å²) >= 11 is 1.10. The number of carbonyl (C=O) groups is 1. The molecule has 0 radical (unpaired) electrons. The van der Waals surface area contributed by atoms with Crippen molar-refractivity contribution in [3.8, 4) is 0 Å². The van der Waals surface area contributed by atoms with Gasteiger partial charge >= 0.3 is 0 Å². The Balaban J connectivity index is 1.36. The fourth-order valence-corrected chi connectivity index (χ4v) is 5.63. The lowest BCUT2D eigenvalue weighted by Crippen LogP contribution is -2.31. The van der Waals surface area contributed by atoms with Crippen LogP contribution < -0.4 is 16.6 Å². The highest BCUT2D eigenvalue weighted by atomic mass is 32.2. The van der Waals surface area contributed by atoms with Gasteiger partial charge in [-0.25, -0.2) is 13.4 Å². The van der Waals surface area contributed by atoms with Gasteiger partial charge in [0.1, 0.15) is 0 Å². The summed E-state index contributed by atoms with van der Waals surface area (Å²) in [7, 11) is -3.54. The number of H-pyrrole nitrogens is 2. The molecule has 13 heteroatoms. The summed E-state index contributed by atoms with van der Waals surface area (Å²) in [5.74, 6) is -0.314. The van der Waals surface area contributed by atoms with Crippen LogP contribution in [0.4, 0.5) is 11.6 Å². The highest BCUT2D eigenvalue weighted by Gasteiger charge is 2.25. The number of nitrogen functional groups attached to an aromatic ring is 1. The molecule has 170 valence electrons. The van der Waals surface area contributed by atoms with Crippen LogP contribution >= 0.6 is 11.8 Å². The number of sulfonamides is 1. The molecular formula is C19H23N7O4S2. The van der Waals surface area contributed by atoms with E-state index in [0.29, 0.717) is 23.9 Å². The molecule has 3 heterocycles. The fourth-order valence-electron chi connectivity index (χ4n) is 3.44. The van der Waals surface area contributed by atoms with Crippen LogP contribution in [0, 0.1) is 0 Å². The molecule has 1 aliphatic rings. The molecule has 1 aliphatic heterocycles. The van der Waals surface area contributed by atoms with Crippen LogP contribution in [0.3, 0.4) is 0 Å². The topological polar surface area (TPSA) is 167 Å². The van der Waals surface area contributed by atoms with Crippen molar-refractivity contribution in [2.24, 2.45) is 0 Å². The molecule has 0 saturated carbocycles. The molecule has 3 aromatic rings. The number of carbonyl (C=O) groups excluding carboxylic acids is 1. The number of nitrogens with zero attached hydrogens (tertiary/aromatic N) is 3. The Morgan fingerprint density at radius 2 is 1.78 bits per heavy atom. The Hall–Kier alpha value is -2.90. The van der Waals surface area contributed by atoms with E-state index >= 15 is 0 Å². The average Bonchev–Trinajstić information content (AvgIpc) is 2.96. The van der Waals surface area contributed by atoms with Gasteiger partial charge in [-0.3, -0.25) is 14.6 Å². The number of anilines is 2. The number of aromatic amines is 2. The SMILES string of the molecule is Nc1nc2nc(SCC(=O)Nc3ccc(S(=O)(=O)N4CCCCCC4)cc3)[nH]c2c(=O)[nH]1. The molecule has 0 bridgehead atoms. The van der Waals surface area contributed by atoms with Gasteiger partial charge in [-0.15, -0.1) is 0 Å². The molecule has 32 heavy (non-hydrogen) atoms. The number of rotatable bonds is 6. The Kier molecular flexibility index (Phi) is 6.48. The van der Waals surface area contributed by atoms with Crippen LogP contribution in [0.2, 0.25) is 0 Å². The van der Waals surface area contributed by atoms with Gasteiger partial charge in [-0.05, 0) is 37.1 Å². The average molecular weight is 478 g/mol. The number of benzene rings is 1. The number of thioether (sulfide) groups is 1. The monoisotopic (exact) mass is 477 g/mol. The van der Waals surface area contributed by atoms with Crippen molar-refractivity contribution < 1.29 is 13.2 Å². The summed E-state index contributed by atoms with van der Waals surface area (Å²) < 4.78 is 27.2. The first kappa shape index (κ1) is 22.3. The second-order valence-corrected chi connectivity index (χ2v) is 10.3. The lowest BCUT2D eigenvalue weighted by Gasteiger charge is -2.20. The zero-order valence-electron chi connectivity index (χ0n) is 17.1. The maximum atomic E-state index is 12.8. The molecule has 1 fully saturated rings. The third-order valence-electron chi connectivity index (χ3n) is 5.04. The summed E-state index contributed by atoms with van der Waals surface area (Å²) in [6.07, 6.45) is 3.83. The van der Waals surface area contributed by atoms with Gasteiger partial charge in [0.05, 0.1) is 10.6 Å². The number of imidazole rings is 1. The first-order chi connectivity index (χ1) is 15.3. The quantitative estimate of drug-likeness (QED) is 0.388. The van der Waals surface area contributed by atoms with E-state index in [2.05, 4.69) is 25.3 Å². The number of hydrogen-bond donors (Lipinski definition) is 4. The van der Waals surface area contributed by atoms with Crippen LogP contribution in [0.1, 0.15) is 25.7 Å². The molecule has 1 aromatic carbocycles. The van der Waals surface area contributed by atoms with Crippen molar-refractivity contribution in [1.82, 2.24) is 24.2 Å². The van der Waals surface area contributed by atoms with E-state index in [-0.39, 0.29) is 33.7 Å². The third kappa shape index (κ3) is 4.95. The molecule has 11 nitrogen and oxygen atoms in total. The smallest absolute Gasteiger partial charge is 0.278 e. The lowest BCUT2D eigenvalue weighted by atomic mass is 10.2. The molecule has 5 N–H and O–H groups in total. The number of hydrogen-bond acceptors (Lipinski definition) is 8. The molecule has 0 aliphatic carbocycles. The minimum Gasteiger partial charge on any atom is -0.369 e. The summed E-state index contributed by atoms with van der Waals surface area (Å²) in [6.45, 7) is 1.07. The lowest BCUT2D eigenvalue weighted by molar-refractivity contribution is -0.113. The molecule has 4 rings (SSSR count). The van der Waals surface area contributed by atoms with Gasteiger partial charge in [-0.1, -0.05) is 24.6 Å². The van der Waals surface area contributed by atoms with Crippen LogP contribution in [-0.2, 0) is 14.8 Å². The number of nitrogens with two attached hydrogens (primary N) is 1. The minimum absolute atomic E-state index is 0.0288. The van der Waals surface area contributed by atoms with Crippen molar-refractivity contribution >= 4 is 50.5 Å². The highest BCUT2D eigenvalue weighted by Crippen LogP contribution is 2.22. The summed E-state index contributed by atoms with van der Waals surface area (Å²) in [6, 6.07) is 6.15. The van der Waals surface area contributed by atoms with Gasteiger partial charge in [0.15, 0.2) is 16.3 Å². The van der Waals surface area contributed by atoms with Gasteiger partial charge in [0.25, 0.3) is 5.56 Å². The van der Waals surface area contributed by atoms with Crippen molar-refractivity contribution in [2.75, 3.05) is 29.9 Å².